The summed E-state index contributed by atoms with van der Waals surface area (Å²) >= 11 is 0. The molecule has 1 saturated heterocycles. The number of hydrogen-bond acceptors (Lipinski definition) is 3. The maximum Gasteiger partial charge on any atom is 0.221 e. The predicted molar refractivity (Wildman–Crippen MR) is 75.8 cm³/mol. The Balaban J connectivity index is 1.96. The molecule has 2 rings (SSSR count). The maximum absolute atomic E-state index is 11.0. The normalized spacial score (nSPS) is 20.2. The minimum atomic E-state index is -0.0459. The van der Waals surface area contributed by atoms with Crippen molar-refractivity contribution in [1.29, 1.82) is 0 Å². The second-order valence-electron chi connectivity index (χ2n) is 5.31. The molecule has 1 aliphatic rings. The van der Waals surface area contributed by atoms with Crippen LogP contribution < -0.4 is 5.32 Å². The van der Waals surface area contributed by atoms with E-state index in [4.69, 9.17) is 0 Å². The molecule has 1 aromatic rings. The molecule has 4 nitrogen and oxygen atoms in total. The molecule has 0 bridgehead atoms. The van der Waals surface area contributed by atoms with Gasteiger partial charge in [0.15, 0.2) is 0 Å². The molecule has 0 aromatic heterocycles. The van der Waals surface area contributed by atoms with E-state index in [2.05, 4.69) is 16.3 Å². The van der Waals surface area contributed by atoms with E-state index in [9.17, 15) is 9.90 Å². The third-order valence-electron chi connectivity index (χ3n) is 3.51. The molecule has 0 aliphatic carbocycles. The lowest BCUT2D eigenvalue weighted by Gasteiger charge is -2.31. The lowest BCUT2D eigenvalue weighted by atomic mass is 9.98. The van der Waals surface area contributed by atoms with Crippen molar-refractivity contribution in [1.82, 2.24) is 4.90 Å². The van der Waals surface area contributed by atoms with Gasteiger partial charge in [-0.05, 0) is 43.0 Å². The van der Waals surface area contributed by atoms with Crippen LogP contribution in [0.1, 0.15) is 25.3 Å². The van der Waals surface area contributed by atoms with Gasteiger partial charge in [0.25, 0.3) is 0 Å². The highest BCUT2D eigenvalue weighted by atomic mass is 16.3. The monoisotopic (exact) mass is 262 g/mol. The summed E-state index contributed by atoms with van der Waals surface area (Å²) in [4.78, 5) is 13.4. The number of benzene rings is 1. The van der Waals surface area contributed by atoms with Gasteiger partial charge in [-0.25, -0.2) is 0 Å². The van der Waals surface area contributed by atoms with Crippen molar-refractivity contribution >= 4 is 11.6 Å². The second kappa shape index (κ2) is 6.68. The van der Waals surface area contributed by atoms with Crippen LogP contribution in [-0.2, 0) is 11.3 Å². The van der Waals surface area contributed by atoms with Crippen LogP contribution in [0.5, 0.6) is 0 Å². The number of carbonyl (C=O) groups is 1. The number of rotatable bonds is 4. The molecule has 1 aliphatic heterocycles. The van der Waals surface area contributed by atoms with Crippen LogP contribution in [0.15, 0.2) is 24.3 Å². The van der Waals surface area contributed by atoms with Gasteiger partial charge in [0, 0.05) is 32.3 Å². The van der Waals surface area contributed by atoms with E-state index in [-0.39, 0.29) is 12.5 Å². The molecule has 0 saturated carbocycles. The number of nitrogens with zero attached hydrogens (tertiary/aromatic N) is 1. The van der Waals surface area contributed by atoms with Crippen molar-refractivity contribution < 1.29 is 9.90 Å². The summed E-state index contributed by atoms with van der Waals surface area (Å²) in [6.45, 7) is 4.72. The Morgan fingerprint density at radius 1 is 1.53 bits per heavy atom. The summed E-state index contributed by atoms with van der Waals surface area (Å²) in [5.74, 6) is 0.364. The number of nitrogens with one attached hydrogen (secondary N) is 1. The molecule has 0 radical (unpaired) electrons. The highest BCUT2D eigenvalue weighted by molar-refractivity contribution is 5.88. The lowest BCUT2D eigenvalue weighted by Crippen LogP contribution is -2.36. The van der Waals surface area contributed by atoms with Gasteiger partial charge in [-0.3, -0.25) is 9.69 Å². The van der Waals surface area contributed by atoms with E-state index in [0.717, 1.165) is 38.2 Å². The van der Waals surface area contributed by atoms with E-state index in [1.807, 2.05) is 18.2 Å². The number of carbonyl (C=O) groups excluding carboxylic acids is 1. The number of hydrogen-bond donors (Lipinski definition) is 2. The third kappa shape index (κ3) is 4.33. The van der Waals surface area contributed by atoms with Gasteiger partial charge >= 0.3 is 0 Å². The largest absolute Gasteiger partial charge is 0.396 e. The fourth-order valence-corrected chi connectivity index (χ4v) is 2.65. The van der Waals surface area contributed by atoms with Crippen LogP contribution >= 0.6 is 0 Å². The van der Waals surface area contributed by atoms with Gasteiger partial charge in [0.05, 0.1) is 0 Å². The summed E-state index contributed by atoms with van der Waals surface area (Å²) in [7, 11) is 0. The van der Waals surface area contributed by atoms with Crippen molar-refractivity contribution in [2.75, 3.05) is 25.0 Å². The molecule has 19 heavy (non-hydrogen) atoms. The Morgan fingerprint density at radius 2 is 2.37 bits per heavy atom. The zero-order valence-electron chi connectivity index (χ0n) is 11.4. The van der Waals surface area contributed by atoms with E-state index >= 15 is 0 Å². The average Bonchev–Trinajstić information content (AvgIpc) is 2.38. The van der Waals surface area contributed by atoms with Crippen LogP contribution in [0.3, 0.4) is 0 Å². The number of likely N-dealkylation sites (tertiary alicyclic amines) is 1. The van der Waals surface area contributed by atoms with E-state index in [0.29, 0.717) is 5.92 Å². The highest BCUT2D eigenvalue weighted by Crippen LogP contribution is 2.19. The smallest absolute Gasteiger partial charge is 0.221 e. The highest BCUT2D eigenvalue weighted by Gasteiger charge is 2.19. The summed E-state index contributed by atoms with van der Waals surface area (Å²) < 4.78 is 0. The first-order chi connectivity index (χ1) is 9.17. The number of aliphatic hydroxyl groups excluding tert-OH is 1. The first kappa shape index (κ1) is 14.0. The quantitative estimate of drug-likeness (QED) is 0.870. The predicted octanol–water partition coefficient (Wildman–Crippen LogP) is 1.85. The van der Waals surface area contributed by atoms with Crippen molar-refractivity contribution in [2.24, 2.45) is 5.92 Å². The number of anilines is 1. The molecule has 1 heterocycles. The zero-order chi connectivity index (χ0) is 13.7. The Hall–Kier alpha value is -1.39. The lowest BCUT2D eigenvalue weighted by molar-refractivity contribution is -0.114. The fourth-order valence-electron chi connectivity index (χ4n) is 2.65. The molecule has 0 spiro atoms. The first-order valence-electron chi connectivity index (χ1n) is 6.87. The van der Waals surface area contributed by atoms with Crippen molar-refractivity contribution in [3.63, 3.8) is 0 Å². The Labute approximate surface area is 114 Å². The average molecular weight is 262 g/mol. The first-order valence-corrected chi connectivity index (χ1v) is 6.87. The van der Waals surface area contributed by atoms with Crippen molar-refractivity contribution in [3.8, 4) is 0 Å². The van der Waals surface area contributed by atoms with Crippen LogP contribution in [0.2, 0.25) is 0 Å². The standard InChI is InChI=1S/C15H22N2O2/c1-12(19)16-15-6-2-4-13(8-15)9-17-7-3-5-14(10-17)11-18/h2,4,6,8,14,18H,3,5,7,9-11H2,1H3,(H,16,19)/t14-/m1/s1. The van der Waals surface area contributed by atoms with Crippen LogP contribution in [0, 0.1) is 5.92 Å². The van der Waals surface area contributed by atoms with Gasteiger partial charge in [-0.15, -0.1) is 0 Å². The van der Waals surface area contributed by atoms with E-state index in [1.54, 1.807) is 0 Å². The molecule has 1 fully saturated rings. The number of piperidine rings is 1. The molecular weight excluding hydrogens is 240 g/mol. The molecule has 4 heteroatoms. The van der Waals surface area contributed by atoms with Crippen molar-refractivity contribution in [3.05, 3.63) is 29.8 Å². The Kier molecular flexibility index (Phi) is 4.93. The molecule has 2 N–H and O–H groups in total. The molecule has 0 unspecified atom stereocenters. The number of aliphatic hydroxyl groups is 1. The minimum Gasteiger partial charge on any atom is -0.396 e. The summed E-state index contributed by atoms with van der Waals surface area (Å²) in [6, 6.07) is 7.96. The SMILES string of the molecule is CC(=O)Nc1cccc(CN2CCC[C@@H](CO)C2)c1. The van der Waals surface area contributed by atoms with Gasteiger partial charge < -0.3 is 10.4 Å². The van der Waals surface area contributed by atoms with E-state index in [1.165, 1.54) is 12.5 Å². The van der Waals surface area contributed by atoms with E-state index < -0.39 is 0 Å². The molecule has 1 amide bonds. The topological polar surface area (TPSA) is 52.6 Å². The molecule has 1 atom stereocenters. The van der Waals surface area contributed by atoms with Gasteiger partial charge in [-0.2, -0.15) is 0 Å². The van der Waals surface area contributed by atoms with Gasteiger partial charge in [0.1, 0.15) is 0 Å². The van der Waals surface area contributed by atoms with Gasteiger partial charge in [-0.1, -0.05) is 12.1 Å². The fraction of sp³-hybridized carbons (Fsp3) is 0.533. The maximum atomic E-state index is 11.0. The molecule has 1 aromatic carbocycles. The second-order valence-corrected chi connectivity index (χ2v) is 5.31. The summed E-state index contributed by atoms with van der Waals surface area (Å²) in [5.41, 5.74) is 2.05. The zero-order valence-corrected chi connectivity index (χ0v) is 11.4. The van der Waals surface area contributed by atoms with Crippen LogP contribution in [0.25, 0.3) is 0 Å². The van der Waals surface area contributed by atoms with Crippen molar-refractivity contribution in [2.45, 2.75) is 26.3 Å². The van der Waals surface area contributed by atoms with Crippen LogP contribution in [0.4, 0.5) is 5.69 Å². The number of amides is 1. The summed E-state index contributed by atoms with van der Waals surface area (Å²) in [5, 5.41) is 12.0. The Morgan fingerprint density at radius 3 is 3.11 bits per heavy atom. The van der Waals surface area contributed by atoms with Crippen LogP contribution in [-0.4, -0.2) is 35.6 Å². The summed E-state index contributed by atoms with van der Waals surface area (Å²) in [6.07, 6.45) is 2.27. The third-order valence-corrected chi connectivity index (χ3v) is 3.51. The Bertz CT molecular complexity index is 434. The molecule has 104 valence electrons. The van der Waals surface area contributed by atoms with Gasteiger partial charge in [0.2, 0.25) is 5.91 Å². The minimum absolute atomic E-state index is 0.0459. The molecular formula is C15H22N2O2.